The standard InChI is InChI=1S/C42H46ClN5O4S/c1-4-34-27-53-42(47-34)23-46-22-33-17-38(43)41(18-40(33)51-25-31-16-30(19-44)20-45-21-31)52-26-32-8-5-9-36(28(32)2)37-10-6-11-39(29(37)3)50-15-7-13-48-14-12-35(49)24-48/h5-6,8-11,16-18,20-21,27,35,46,49H,4,7,12-15,22-26H2,1-3H3/t35-/m1/s1. The first-order chi connectivity index (χ1) is 25.8. The summed E-state index contributed by atoms with van der Waals surface area (Å²) in [7, 11) is 0. The molecule has 0 unspecified atom stereocenters. The molecular formula is C42H46ClN5O4S. The van der Waals surface area contributed by atoms with Crippen LogP contribution in [-0.4, -0.2) is 52.3 Å². The SMILES string of the molecule is CCc1csc(CNCc2cc(Cl)c(OCc3cccc(-c4cccc(OCCCN5CC[C@@H](O)C5)c4C)c3C)cc2OCc2cncc(C#N)c2)n1. The Morgan fingerprint density at radius 2 is 1.77 bits per heavy atom. The van der Waals surface area contributed by atoms with Gasteiger partial charge in [0.15, 0.2) is 0 Å². The Balaban J connectivity index is 1.15. The lowest BCUT2D eigenvalue weighted by Gasteiger charge is -2.19. The summed E-state index contributed by atoms with van der Waals surface area (Å²) in [6, 6.07) is 20.1. The number of hydrogen-bond acceptors (Lipinski definition) is 10. The van der Waals surface area contributed by atoms with Gasteiger partial charge in [-0.1, -0.05) is 48.9 Å². The molecule has 0 spiro atoms. The number of nitrogens with zero attached hydrogens (tertiary/aromatic N) is 4. The van der Waals surface area contributed by atoms with Crippen molar-refractivity contribution in [3.8, 4) is 34.4 Å². The summed E-state index contributed by atoms with van der Waals surface area (Å²) >= 11 is 8.50. The fourth-order valence-electron chi connectivity index (χ4n) is 6.48. The first kappa shape index (κ1) is 38.2. The molecule has 1 atom stereocenters. The van der Waals surface area contributed by atoms with E-state index in [1.54, 1.807) is 23.6 Å². The van der Waals surface area contributed by atoms with Gasteiger partial charge in [-0.2, -0.15) is 5.26 Å². The van der Waals surface area contributed by atoms with Crippen molar-refractivity contribution >= 4 is 22.9 Å². The summed E-state index contributed by atoms with van der Waals surface area (Å²) in [5, 5.41) is 26.2. The second-order valence-corrected chi connectivity index (χ2v) is 14.7. The number of aliphatic hydroxyl groups is 1. The maximum Gasteiger partial charge on any atom is 0.142 e. The van der Waals surface area contributed by atoms with Crippen LogP contribution in [0.3, 0.4) is 0 Å². The van der Waals surface area contributed by atoms with E-state index in [-0.39, 0.29) is 12.7 Å². The van der Waals surface area contributed by atoms with Gasteiger partial charge in [-0.05, 0) is 79.1 Å². The number of β-amino-alcohol motifs (C(OH)–C–C–N with tert-alkyl or cyclic N) is 1. The van der Waals surface area contributed by atoms with Crippen LogP contribution >= 0.6 is 22.9 Å². The smallest absolute Gasteiger partial charge is 0.142 e. The van der Waals surface area contributed by atoms with E-state index in [1.165, 1.54) is 6.20 Å². The minimum Gasteiger partial charge on any atom is -0.493 e. The van der Waals surface area contributed by atoms with Crippen molar-refractivity contribution in [2.75, 3.05) is 26.2 Å². The molecule has 0 bridgehead atoms. The molecule has 1 fully saturated rings. The molecule has 1 aliphatic heterocycles. The highest BCUT2D eigenvalue weighted by Gasteiger charge is 2.20. The molecular weight excluding hydrogens is 706 g/mol. The van der Waals surface area contributed by atoms with E-state index in [4.69, 9.17) is 25.8 Å². The molecule has 3 aromatic carbocycles. The van der Waals surface area contributed by atoms with E-state index in [2.05, 4.69) is 76.7 Å². The maximum atomic E-state index is 9.80. The summed E-state index contributed by atoms with van der Waals surface area (Å²) in [5.41, 5.74) is 8.73. The Morgan fingerprint density at radius 3 is 2.55 bits per heavy atom. The van der Waals surface area contributed by atoms with Crippen molar-refractivity contribution in [1.82, 2.24) is 20.2 Å². The number of thiazole rings is 1. The molecule has 5 aromatic rings. The van der Waals surface area contributed by atoms with Crippen LogP contribution < -0.4 is 19.5 Å². The van der Waals surface area contributed by atoms with Crippen LogP contribution in [0.2, 0.25) is 5.02 Å². The lowest BCUT2D eigenvalue weighted by molar-refractivity contribution is 0.173. The van der Waals surface area contributed by atoms with Crippen LogP contribution in [0, 0.1) is 25.2 Å². The third kappa shape index (κ3) is 10.1. The van der Waals surface area contributed by atoms with Crippen molar-refractivity contribution in [3.63, 3.8) is 0 Å². The average molecular weight is 752 g/mol. The number of benzene rings is 3. The van der Waals surface area contributed by atoms with Gasteiger partial charge >= 0.3 is 0 Å². The van der Waals surface area contributed by atoms with Gasteiger partial charge in [0.2, 0.25) is 0 Å². The highest BCUT2D eigenvalue weighted by Crippen LogP contribution is 2.36. The van der Waals surface area contributed by atoms with E-state index >= 15 is 0 Å². The van der Waals surface area contributed by atoms with Gasteiger partial charge in [0.25, 0.3) is 0 Å². The summed E-state index contributed by atoms with van der Waals surface area (Å²) in [6.45, 7) is 11.3. The molecule has 0 radical (unpaired) electrons. The van der Waals surface area contributed by atoms with Gasteiger partial charge in [-0.3, -0.25) is 4.98 Å². The summed E-state index contributed by atoms with van der Waals surface area (Å²) in [6.07, 6.45) is 5.70. The van der Waals surface area contributed by atoms with Crippen LogP contribution in [0.25, 0.3) is 11.1 Å². The molecule has 0 saturated carbocycles. The Morgan fingerprint density at radius 1 is 0.962 bits per heavy atom. The van der Waals surface area contributed by atoms with Gasteiger partial charge in [0.1, 0.15) is 41.5 Å². The third-order valence-corrected chi connectivity index (χ3v) is 10.7. The maximum absolute atomic E-state index is 9.80. The monoisotopic (exact) mass is 751 g/mol. The minimum atomic E-state index is -0.201. The number of aliphatic hydroxyl groups excluding tert-OH is 1. The van der Waals surface area contributed by atoms with E-state index < -0.39 is 0 Å². The van der Waals surface area contributed by atoms with Gasteiger partial charge < -0.3 is 29.5 Å². The van der Waals surface area contributed by atoms with Crippen molar-refractivity contribution in [1.29, 1.82) is 5.26 Å². The average Bonchev–Trinajstić information content (AvgIpc) is 3.82. The molecule has 11 heteroatoms. The molecule has 0 aliphatic carbocycles. The molecule has 6 rings (SSSR count). The molecule has 2 N–H and O–H groups in total. The van der Waals surface area contributed by atoms with E-state index in [0.29, 0.717) is 48.4 Å². The lowest BCUT2D eigenvalue weighted by Crippen LogP contribution is -2.24. The van der Waals surface area contributed by atoms with Crippen LogP contribution in [-0.2, 0) is 32.7 Å². The predicted octanol–water partition coefficient (Wildman–Crippen LogP) is 8.19. The summed E-state index contributed by atoms with van der Waals surface area (Å²) in [5.74, 6) is 2.02. The fourth-order valence-corrected chi connectivity index (χ4v) is 7.57. The fraction of sp³-hybridized carbons (Fsp3) is 0.357. The quantitative estimate of drug-likeness (QED) is 0.0909. The number of aryl methyl sites for hydroxylation is 1. The van der Waals surface area contributed by atoms with Crippen LogP contribution in [0.5, 0.6) is 17.2 Å². The third-order valence-electron chi connectivity index (χ3n) is 9.51. The number of aromatic nitrogens is 2. The number of pyridine rings is 1. The second kappa shape index (κ2) is 18.5. The molecule has 1 aliphatic rings. The number of ether oxygens (including phenoxy) is 3. The van der Waals surface area contributed by atoms with Crippen LogP contribution in [0.1, 0.15) is 63.8 Å². The Bertz CT molecular complexity index is 2050. The van der Waals surface area contributed by atoms with Crippen molar-refractivity contribution < 1.29 is 19.3 Å². The van der Waals surface area contributed by atoms with Gasteiger partial charge in [-0.15, -0.1) is 11.3 Å². The summed E-state index contributed by atoms with van der Waals surface area (Å²) in [4.78, 5) is 11.1. The zero-order valence-electron chi connectivity index (χ0n) is 30.5. The van der Waals surface area contributed by atoms with Crippen LogP contribution in [0.4, 0.5) is 0 Å². The molecule has 9 nitrogen and oxygen atoms in total. The first-order valence-electron chi connectivity index (χ1n) is 18.1. The van der Waals surface area contributed by atoms with Gasteiger partial charge in [0, 0.05) is 67.7 Å². The largest absolute Gasteiger partial charge is 0.493 e. The van der Waals surface area contributed by atoms with Crippen molar-refractivity contribution in [2.24, 2.45) is 0 Å². The van der Waals surface area contributed by atoms with E-state index in [1.807, 2.05) is 24.3 Å². The molecule has 2 aromatic heterocycles. The van der Waals surface area contributed by atoms with Crippen LogP contribution in [0.15, 0.2) is 72.4 Å². The number of likely N-dealkylation sites (tertiary alicyclic amines) is 1. The van der Waals surface area contributed by atoms with E-state index in [0.717, 1.165) is 94.3 Å². The van der Waals surface area contributed by atoms with E-state index in [9.17, 15) is 10.4 Å². The predicted molar refractivity (Wildman–Crippen MR) is 210 cm³/mol. The van der Waals surface area contributed by atoms with Crippen molar-refractivity contribution in [2.45, 2.75) is 72.4 Å². The number of nitriles is 1. The highest BCUT2D eigenvalue weighted by atomic mass is 35.5. The van der Waals surface area contributed by atoms with Crippen molar-refractivity contribution in [3.05, 3.63) is 121 Å². The highest BCUT2D eigenvalue weighted by molar-refractivity contribution is 7.09. The minimum absolute atomic E-state index is 0.201. The normalized spacial score (nSPS) is 14.3. The zero-order valence-corrected chi connectivity index (χ0v) is 32.1. The molecule has 0 amide bonds. The number of rotatable bonds is 17. The molecule has 3 heterocycles. The Kier molecular flexibility index (Phi) is 13.3. The molecule has 53 heavy (non-hydrogen) atoms. The lowest BCUT2D eigenvalue weighted by atomic mass is 9.93. The molecule has 276 valence electrons. The number of halogens is 1. The number of hydrogen-bond donors (Lipinski definition) is 2. The van der Waals surface area contributed by atoms with Gasteiger partial charge in [-0.25, -0.2) is 4.98 Å². The van der Waals surface area contributed by atoms with Gasteiger partial charge in [0.05, 0.1) is 29.0 Å². The summed E-state index contributed by atoms with van der Waals surface area (Å²) < 4.78 is 19.0. The first-order valence-corrected chi connectivity index (χ1v) is 19.3. The molecule has 1 saturated heterocycles. The Hall–Kier alpha value is -4.50. The second-order valence-electron chi connectivity index (χ2n) is 13.3. The zero-order chi connectivity index (χ0) is 37.2. The Labute approximate surface area is 321 Å². The number of nitrogens with one attached hydrogen (secondary N) is 1. The topological polar surface area (TPSA) is 113 Å².